The summed E-state index contributed by atoms with van der Waals surface area (Å²) in [5.41, 5.74) is 2.96. The Morgan fingerprint density at radius 3 is 2.59 bits per heavy atom. The van der Waals surface area contributed by atoms with Crippen molar-refractivity contribution in [3.63, 3.8) is 0 Å². The van der Waals surface area contributed by atoms with Gasteiger partial charge in [-0.05, 0) is 35.6 Å². The molecule has 5 heteroatoms. The van der Waals surface area contributed by atoms with Crippen molar-refractivity contribution in [2.45, 2.75) is 27.2 Å². The van der Waals surface area contributed by atoms with Crippen LogP contribution in [0, 0.1) is 5.41 Å². The van der Waals surface area contributed by atoms with Gasteiger partial charge in [-0.3, -0.25) is 0 Å². The van der Waals surface area contributed by atoms with Gasteiger partial charge < -0.3 is 4.52 Å². The van der Waals surface area contributed by atoms with Crippen molar-refractivity contribution < 1.29 is 4.52 Å². The molecule has 2 heterocycles. The van der Waals surface area contributed by atoms with Crippen LogP contribution in [0.2, 0.25) is 0 Å². The minimum atomic E-state index is 0.184. The monoisotopic (exact) mass is 294 g/mol. The molecule has 0 saturated heterocycles. The molecule has 0 saturated carbocycles. The zero-order valence-electron chi connectivity index (χ0n) is 12.9. The molecule has 0 unspecified atom stereocenters. The first-order valence-corrected chi connectivity index (χ1v) is 7.23. The molecular weight excluding hydrogens is 276 g/mol. The second-order valence-corrected chi connectivity index (χ2v) is 6.43. The van der Waals surface area contributed by atoms with E-state index in [1.165, 1.54) is 5.56 Å². The Bertz CT molecular complexity index is 760. The largest absolute Gasteiger partial charge is 0.334 e. The predicted molar refractivity (Wildman–Crippen MR) is 83.9 cm³/mol. The fourth-order valence-corrected chi connectivity index (χ4v) is 2.31. The molecule has 0 bridgehead atoms. The van der Waals surface area contributed by atoms with Crippen molar-refractivity contribution in [1.29, 1.82) is 0 Å². The molecule has 0 radical (unpaired) electrons. The highest BCUT2D eigenvalue weighted by molar-refractivity contribution is 5.61. The third-order valence-corrected chi connectivity index (χ3v) is 3.20. The number of rotatable bonds is 3. The van der Waals surface area contributed by atoms with E-state index in [0.717, 1.165) is 12.0 Å². The minimum absolute atomic E-state index is 0.184. The molecular formula is C17H18N4O. The van der Waals surface area contributed by atoms with Crippen LogP contribution in [0.1, 0.15) is 26.3 Å². The van der Waals surface area contributed by atoms with Crippen LogP contribution in [-0.2, 0) is 6.42 Å². The van der Waals surface area contributed by atoms with Crippen molar-refractivity contribution in [1.82, 2.24) is 20.3 Å². The lowest BCUT2D eigenvalue weighted by Gasteiger charge is -2.19. The summed E-state index contributed by atoms with van der Waals surface area (Å²) in [4.78, 5) is 4.46. The molecule has 0 aliphatic heterocycles. The Labute approximate surface area is 129 Å². The molecule has 0 fully saturated rings. The highest BCUT2D eigenvalue weighted by atomic mass is 16.5. The first kappa shape index (κ1) is 14.4. The summed E-state index contributed by atoms with van der Waals surface area (Å²) in [7, 11) is 0. The second kappa shape index (κ2) is 5.67. The Hall–Kier alpha value is -2.56. The van der Waals surface area contributed by atoms with Gasteiger partial charge >= 0.3 is 0 Å². The van der Waals surface area contributed by atoms with Gasteiger partial charge in [-0.1, -0.05) is 44.1 Å². The van der Waals surface area contributed by atoms with Gasteiger partial charge in [0.1, 0.15) is 5.69 Å². The molecule has 112 valence electrons. The highest BCUT2D eigenvalue weighted by Crippen LogP contribution is 2.29. The number of hydrogen-bond donors (Lipinski definition) is 0. The summed E-state index contributed by atoms with van der Waals surface area (Å²) in [6.45, 7) is 6.63. The summed E-state index contributed by atoms with van der Waals surface area (Å²) in [6, 6.07) is 11.7. The summed E-state index contributed by atoms with van der Waals surface area (Å²) < 4.78 is 5.43. The molecule has 22 heavy (non-hydrogen) atoms. The molecule has 3 rings (SSSR count). The van der Waals surface area contributed by atoms with Gasteiger partial charge in [-0.2, -0.15) is 10.1 Å². The van der Waals surface area contributed by atoms with Crippen LogP contribution in [0.3, 0.4) is 0 Å². The smallest absolute Gasteiger partial charge is 0.258 e. The quantitative estimate of drug-likeness (QED) is 0.735. The zero-order chi connectivity index (χ0) is 15.6. The van der Waals surface area contributed by atoms with E-state index in [0.29, 0.717) is 17.4 Å². The van der Waals surface area contributed by atoms with Gasteiger partial charge in [0.05, 0.1) is 0 Å². The Balaban J connectivity index is 1.97. The predicted octanol–water partition coefficient (Wildman–Crippen LogP) is 3.78. The van der Waals surface area contributed by atoms with Gasteiger partial charge in [-0.15, -0.1) is 5.10 Å². The van der Waals surface area contributed by atoms with Crippen LogP contribution < -0.4 is 0 Å². The molecule has 0 N–H and O–H groups in total. The number of hydrogen-bond acceptors (Lipinski definition) is 5. The summed E-state index contributed by atoms with van der Waals surface area (Å²) in [6.07, 6.45) is 2.55. The first-order chi connectivity index (χ1) is 10.5. The maximum absolute atomic E-state index is 5.43. The fourth-order valence-electron chi connectivity index (χ4n) is 2.31. The van der Waals surface area contributed by atoms with Crippen LogP contribution >= 0.6 is 0 Å². The van der Waals surface area contributed by atoms with Crippen LogP contribution in [0.25, 0.3) is 23.0 Å². The lowest BCUT2D eigenvalue weighted by atomic mass is 9.86. The van der Waals surface area contributed by atoms with E-state index >= 15 is 0 Å². The third kappa shape index (κ3) is 3.19. The van der Waals surface area contributed by atoms with Crippen LogP contribution in [0.5, 0.6) is 0 Å². The van der Waals surface area contributed by atoms with Crippen molar-refractivity contribution in [3.8, 4) is 23.0 Å². The number of benzene rings is 1. The average molecular weight is 294 g/mol. The molecule has 0 spiro atoms. The Kier molecular flexibility index (Phi) is 3.71. The van der Waals surface area contributed by atoms with Crippen molar-refractivity contribution in [2.75, 3.05) is 0 Å². The van der Waals surface area contributed by atoms with Gasteiger partial charge in [-0.25, -0.2) is 0 Å². The first-order valence-electron chi connectivity index (χ1n) is 7.23. The van der Waals surface area contributed by atoms with Gasteiger partial charge in [0.15, 0.2) is 0 Å². The Morgan fingerprint density at radius 1 is 1.05 bits per heavy atom. The van der Waals surface area contributed by atoms with E-state index in [1.54, 1.807) is 12.3 Å². The number of aromatic nitrogens is 4. The Morgan fingerprint density at radius 2 is 1.86 bits per heavy atom. The fraction of sp³-hybridized carbons (Fsp3) is 0.294. The molecule has 1 aromatic carbocycles. The molecule has 0 aliphatic carbocycles. The van der Waals surface area contributed by atoms with Crippen molar-refractivity contribution >= 4 is 0 Å². The van der Waals surface area contributed by atoms with Crippen LogP contribution in [0.15, 0.2) is 47.1 Å². The molecule has 5 nitrogen and oxygen atoms in total. The van der Waals surface area contributed by atoms with E-state index in [9.17, 15) is 0 Å². The van der Waals surface area contributed by atoms with Gasteiger partial charge in [0.2, 0.25) is 5.82 Å². The maximum Gasteiger partial charge on any atom is 0.258 e. The SMILES string of the molecule is CC(C)(C)Cc1ccccc1-c1nc(-c2cccnn2)no1. The second-order valence-electron chi connectivity index (χ2n) is 6.43. The third-order valence-electron chi connectivity index (χ3n) is 3.20. The van der Waals surface area contributed by atoms with E-state index in [2.05, 4.69) is 47.2 Å². The maximum atomic E-state index is 5.43. The minimum Gasteiger partial charge on any atom is -0.334 e. The average Bonchev–Trinajstić information content (AvgIpc) is 2.97. The number of nitrogens with zero attached hydrogens (tertiary/aromatic N) is 4. The van der Waals surface area contributed by atoms with Gasteiger partial charge in [0, 0.05) is 11.8 Å². The summed E-state index contributed by atoms with van der Waals surface area (Å²) in [5, 5.41) is 11.9. The normalized spacial score (nSPS) is 11.6. The lowest BCUT2D eigenvalue weighted by Crippen LogP contribution is -2.10. The lowest BCUT2D eigenvalue weighted by molar-refractivity contribution is 0.408. The van der Waals surface area contributed by atoms with E-state index in [-0.39, 0.29) is 5.41 Å². The highest BCUT2D eigenvalue weighted by Gasteiger charge is 2.18. The molecule has 0 atom stereocenters. The molecule has 0 aliphatic rings. The van der Waals surface area contributed by atoms with Crippen LogP contribution in [0.4, 0.5) is 0 Å². The summed E-state index contributed by atoms with van der Waals surface area (Å²) in [5.74, 6) is 0.967. The zero-order valence-corrected chi connectivity index (χ0v) is 12.9. The summed E-state index contributed by atoms with van der Waals surface area (Å²) >= 11 is 0. The topological polar surface area (TPSA) is 64.7 Å². The van der Waals surface area contributed by atoms with E-state index < -0.39 is 0 Å². The molecule has 2 aromatic heterocycles. The van der Waals surface area contributed by atoms with Crippen molar-refractivity contribution in [2.24, 2.45) is 5.41 Å². The standard InChI is InChI=1S/C17H18N4O/c1-17(2,3)11-12-7-4-5-8-13(12)16-19-15(21-22-16)14-9-6-10-18-20-14/h4-10H,11H2,1-3H3. The van der Waals surface area contributed by atoms with Crippen molar-refractivity contribution in [3.05, 3.63) is 48.2 Å². The van der Waals surface area contributed by atoms with Crippen LogP contribution in [-0.4, -0.2) is 20.3 Å². The van der Waals surface area contributed by atoms with E-state index in [1.807, 2.05) is 24.3 Å². The van der Waals surface area contributed by atoms with E-state index in [4.69, 9.17) is 4.52 Å². The molecule has 0 amide bonds. The van der Waals surface area contributed by atoms with Gasteiger partial charge in [0.25, 0.3) is 5.89 Å². The molecule has 3 aromatic rings.